The number of hydrogen-bond donors (Lipinski definition) is 0. The van der Waals surface area contributed by atoms with Gasteiger partial charge in [0.25, 0.3) is 0 Å². The number of aliphatic imine (C=N–C) groups is 1. The van der Waals surface area contributed by atoms with Gasteiger partial charge in [-0.05, 0) is 0 Å². The molecule has 1 rings (SSSR count). The average Bonchev–Trinajstić information content (AvgIpc) is 1.76. The van der Waals surface area contributed by atoms with Crippen LogP contribution < -0.4 is 0 Å². The van der Waals surface area contributed by atoms with Gasteiger partial charge in [-0.15, -0.1) is 11.8 Å². The van der Waals surface area contributed by atoms with Gasteiger partial charge in [-0.25, -0.2) is 0 Å². The molecular weight excluding hydrogens is 89.0 g/mol. The summed E-state index contributed by atoms with van der Waals surface area (Å²) in [6, 6.07) is 0. The van der Waals surface area contributed by atoms with Gasteiger partial charge in [-0.3, -0.25) is 4.99 Å². The zero-order valence-corrected chi connectivity index (χ0v) is 3.59. The maximum absolute atomic E-state index is 3.80. The third-order valence-electron chi connectivity index (χ3n) is 0.434. The molecule has 1 radical (unpaired) electrons. The fourth-order valence-electron chi connectivity index (χ4n) is 0.228. The number of nitrogens with zero attached hydrogens (tertiary/aromatic N) is 1. The number of thioether (sulfide) groups is 1. The summed E-state index contributed by atoms with van der Waals surface area (Å²) in [5.74, 6) is 1.14. The van der Waals surface area contributed by atoms with E-state index in [2.05, 4.69) is 10.5 Å². The van der Waals surface area contributed by atoms with Crippen LogP contribution in [0.2, 0.25) is 0 Å². The third-order valence-corrected chi connectivity index (χ3v) is 1.08. The molecule has 0 aliphatic carbocycles. The molecule has 0 saturated carbocycles. The molecule has 1 aliphatic heterocycles. The van der Waals surface area contributed by atoms with Crippen LogP contribution in [0.3, 0.4) is 0 Å². The van der Waals surface area contributed by atoms with Crippen molar-refractivity contribution in [1.82, 2.24) is 0 Å². The van der Waals surface area contributed by atoms with Gasteiger partial charge in [0.15, 0.2) is 0 Å². The van der Waals surface area contributed by atoms with Gasteiger partial charge >= 0.3 is 18.9 Å². The van der Waals surface area contributed by atoms with Gasteiger partial charge in [-0.1, -0.05) is 0 Å². The van der Waals surface area contributed by atoms with Gasteiger partial charge in [0.1, 0.15) is 5.55 Å². The molecule has 0 aromatic rings. The summed E-state index contributed by atoms with van der Waals surface area (Å²) in [5, 5.41) is 0. The molecular formula is C3H5LiNS. The van der Waals surface area contributed by atoms with Crippen LogP contribution in [0.5, 0.6) is 0 Å². The predicted octanol–water partition coefficient (Wildman–Crippen LogP) is -0.01000. The summed E-state index contributed by atoms with van der Waals surface area (Å²) < 4.78 is 0. The first-order valence-corrected chi connectivity index (χ1v) is 2.52. The van der Waals surface area contributed by atoms with Crippen molar-refractivity contribution in [1.29, 1.82) is 0 Å². The van der Waals surface area contributed by atoms with E-state index >= 15 is 0 Å². The van der Waals surface area contributed by atoms with E-state index in [1.807, 2.05) is 0 Å². The fourth-order valence-corrected chi connectivity index (χ4v) is 0.685. The molecule has 0 N–H and O–H groups in total. The zero-order chi connectivity index (χ0) is 3.54. The van der Waals surface area contributed by atoms with Crippen LogP contribution in [-0.4, -0.2) is 36.7 Å². The third kappa shape index (κ3) is 1.91. The van der Waals surface area contributed by atoms with Crippen molar-refractivity contribution < 1.29 is 0 Å². The first kappa shape index (κ1) is 6.62. The van der Waals surface area contributed by atoms with Crippen molar-refractivity contribution in [2.75, 3.05) is 12.3 Å². The second-order valence-electron chi connectivity index (χ2n) is 0.821. The molecule has 0 bridgehead atoms. The Morgan fingerprint density at radius 3 is 2.67 bits per heavy atom. The van der Waals surface area contributed by atoms with Crippen molar-refractivity contribution in [3.63, 3.8) is 0 Å². The van der Waals surface area contributed by atoms with Gasteiger partial charge < -0.3 is 0 Å². The Kier molecular flexibility index (Phi) is 4.19. The van der Waals surface area contributed by atoms with E-state index < -0.39 is 0 Å². The molecule has 0 aromatic carbocycles. The molecule has 0 unspecified atom stereocenters. The Labute approximate surface area is 53.8 Å². The van der Waals surface area contributed by atoms with Crippen molar-refractivity contribution in [3.05, 3.63) is 0 Å². The molecule has 0 aromatic heterocycles. The predicted molar refractivity (Wildman–Crippen MR) is 31.9 cm³/mol. The van der Waals surface area contributed by atoms with E-state index in [0.717, 1.165) is 12.3 Å². The van der Waals surface area contributed by atoms with Crippen molar-refractivity contribution in [2.45, 2.75) is 0 Å². The second kappa shape index (κ2) is 3.80. The van der Waals surface area contributed by atoms with E-state index in [9.17, 15) is 0 Å². The quantitative estimate of drug-likeness (QED) is 0.384. The molecule has 0 atom stereocenters. The Morgan fingerprint density at radius 2 is 2.50 bits per heavy atom. The Hall–Kier alpha value is 0.617. The van der Waals surface area contributed by atoms with Crippen LogP contribution in [0.25, 0.3) is 0 Å². The van der Waals surface area contributed by atoms with Crippen LogP contribution in [0.1, 0.15) is 0 Å². The number of hydrogen-bond acceptors (Lipinski definition) is 2. The van der Waals surface area contributed by atoms with Gasteiger partial charge in [0.2, 0.25) is 0 Å². The molecule has 0 spiro atoms. The Bertz CT molecular complexity index is 48.8. The van der Waals surface area contributed by atoms with Crippen molar-refractivity contribution in [2.24, 2.45) is 4.99 Å². The molecule has 0 amide bonds. The van der Waals surface area contributed by atoms with Crippen molar-refractivity contribution >= 4 is 36.2 Å². The normalized spacial score (nSPS) is 17.3. The standard InChI is InChI=1S/C3H4NS.Li.H/c1-2-5-3-4-1;;/h1-2H2;;. The molecule has 6 heavy (non-hydrogen) atoms. The van der Waals surface area contributed by atoms with Crippen LogP contribution >= 0.6 is 11.8 Å². The Morgan fingerprint density at radius 1 is 1.67 bits per heavy atom. The molecule has 29 valence electrons. The summed E-state index contributed by atoms with van der Waals surface area (Å²) in [4.78, 5) is 3.80. The van der Waals surface area contributed by atoms with E-state index in [1.165, 1.54) is 0 Å². The zero-order valence-electron chi connectivity index (χ0n) is 2.77. The topological polar surface area (TPSA) is 12.4 Å². The van der Waals surface area contributed by atoms with E-state index in [0.29, 0.717) is 0 Å². The monoisotopic (exact) mass is 94.0 g/mol. The van der Waals surface area contributed by atoms with Gasteiger partial charge in [-0.2, -0.15) is 0 Å². The summed E-state index contributed by atoms with van der Waals surface area (Å²) in [6.45, 7) is 0.977. The molecule has 3 heteroatoms. The molecule has 1 aliphatic rings. The average molecular weight is 94.1 g/mol. The van der Waals surface area contributed by atoms with E-state index in [1.54, 1.807) is 11.8 Å². The summed E-state index contributed by atoms with van der Waals surface area (Å²) in [6.07, 6.45) is 0. The van der Waals surface area contributed by atoms with E-state index in [-0.39, 0.29) is 18.9 Å². The molecule has 1 nitrogen and oxygen atoms in total. The maximum atomic E-state index is 3.80. The summed E-state index contributed by atoms with van der Waals surface area (Å²) in [5.41, 5.74) is 2.76. The minimum atomic E-state index is 0. The molecule has 1 heterocycles. The fraction of sp³-hybridized carbons (Fsp3) is 0.667. The first-order valence-electron chi connectivity index (χ1n) is 1.53. The van der Waals surface area contributed by atoms with Crippen LogP contribution in [-0.2, 0) is 0 Å². The Balaban J connectivity index is 0.000000250. The van der Waals surface area contributed by atoms with Crippen LogP contribution in [0, 0.1) is 0 Å². The molecule has 0 saturated heterocycles. The first-order chi connectivity index (χ1) is 2.50. The minimum absolute atomic E-state index is 0. The number of rotatable bonds is 0. The van der Waals surface area contributed by atoms with Crippen LogP contribution in [0.4, 0.5) is 0 Å². The second-order valence-corrected chi connectivity index (χ2v) is 1.70. The van der Waals surface area contributed by atoms with E-state index in [4.69, 9.17) is 0 Å². The van der Waals surface area contributed by atoms with Gasteiger partial charge in [0.05, 0.1) is 0 Å². The van der Waals surface area contributed by atoms with Crippen molar-refractivity contribution in [3.8, 4) is 0 Å². The summed E-state index contributed by atoms with van der Waals surface area (Å²) in [7, 11) is 0. The molecule has 0 fully saturated rings. The summed E-state index contributed by atoms with van der Waals surface area (Å²) >= 11 is 1.66. The van der Waals surface area contributed by atoms with Gasteiger partial charge in [0, 0.05) is 12.3 Å². The van der Waals surface area contributed by atoms with Crippen LogP contribution in [0.15, 0.2) is 4.99 Å². The SMILES string of the molecule is [C]1=NCCS1.[LiH].